The lowest BCUT2D eigenvalue weighted by Crippen LogP contribution is -2.28. The van der Waals surface area contributed by atoms with Crippen LogP contribution in [-0.4, -0.2) is 18.7 Å². The van der Waals surface area contributed by atoms with E-state index in [0.717, 1.165) is 18.4 Å². The van der Waals surface area contributed by atoms with Gasteiger partial charge < -0.3 is 9.47 Å². The van der Waals surface area contributed by atoms with E-state index in [1.165, 1.54) is 12.8 Å². The smallest absolute Gasteiger partial charge is 0.347 e. The predicted octanol–water partition coefficient (Wildman–Crippen LogP) is 5.18. The molecule has 124 valence electrons. The van der Waals surface area contributed by atoms with Crippen molar-refractivity contribution in [3.63, 3.8) is 0 Å². The fourth-order valence-corrected chi connectivity index (χ4v) is 2.43. The molecular formula is C18H27ClO3. The third-order valence-electron chi connectivity index (χ3n) is 3.78. The number of carbonyl (C=O) groups excluding carboxylic acids is 1. The number of rotatable bonds is 9. The van der Waals surface area contributed by atoms with Gasteiger partial charge >= 0.3 is 5.97 Å². The molecule has 1 aromatic rings. The minimum absolute atomic E-state index is 0.315. The Morgan fingerprint density at radius 3 is 2.64 bits per heavy atom. The van der Waals surface area contributed by atoms with E-state index in [4.69, 9.17) is 21.1 Å². The number of carbonyl (C=O) groups is 1. The zero-order valence-electron chi connectivity index (χ0n) is 14.0. The van der Waals surface area contributed by atoms with Crippen molar-refractivity contribution < 1.29 is 14.3 Å². The third kappa shape index (κ3) is 6.27. The van der Waals surface area contributed by atoms with Gasteiger partial charge in [0.25, 0.3) is 0 Å². The molecular weight excluding hydrogens is 300 g/mol. The van der Waals surface area contributed by atoms with E-state index in [1.807, 2.05) is 13.0 Å². The summed E-state index contributed by atoms with van der Waals surface area (Å²) in [5.74, 6) is 0.782. The number of aryl methyl sites for hydroxylation is 1. The summed E-state index contributed by atoms with van der Waals surface area (Å²) < 4.78 is 11.1. The van der Waals surface area contributed by atoms with Crippen molar-refractivity contribution in [1.82, 2.24) is 0 Å². The summed E-state index contributed by atoms with van der Waals surface area (Å²) in [5.41, 5.74) is 0.904. The van der Waals surface area contributed by atoms with Crippen LogP contribution in [0, 0.1) is 12.8 Å². The van der Waals surface area contributed by atoms with E-state index in [1.54, 1.807) is 19.1 Å². The van der Waals surface area contributed by atoms with E-state index in [-0.39, 0.29) is 5.97 Å². The molecule has 1 aromatic carbocycles. The van der Waals surface area contributed by atoms with Crippen LogP contribution < -0.4 is 4.74 Å². The average Bonchev–Trinajstić information content (AvgIpc) is 2.49. The molecule has 0 radical (unpaired) electrons. The first-order chi connectivity index (χ1) is 10.5. The fraction of sp³-hybridized carbons (Fsp3) is 0.611. The van der Waals surface area contributed by atoms with Gasteiger partial charge in [-0.2, -0.15) is 0 Å². The van der Waals surface area contributed by atoms with Crippen LogP contribution in [0.5, 0.6) is 5.75 Å². The van der Waals surface area contributed by atoms with Gasteiger partial charge in [0.1, 0.15) is 5.75 Å². The first-order valence-electron chi connectivity index (χ1n) is 8.07. The molecule has 0 aliphatic rings. The Balaban J connectivity index is 2.47. The zero-order chi connectivity index (χ0) is 16.5. The second-order valence-electron chi connectivity index (χ2n) is 5.72. The van der Waals surface area contributed by atoms with Crippen LogP contribution in [0.1, 0.15) is 52.0 Å². The van der Waals surface area contributed by atoms with Gasteiger partial charge in [0.15, 0.2) is 6.10 Å². The van der Waals surface area contributed by atoms with Gasteiger partial charge in [-0.15, -0.1) is 0 Å². The maximum absolute atomic E-state index is 12.0. The highest BCUT2D eigenvalue weighted by Crippen LogP contribution is 2.23. The lowest BCUT2D eigenvalue weighted by molar-refractivity contribution is -0.152. The first kappa shape index (κ1) is 18.8. The molecule has 0 aromatic heterocycles. The average molecular weight is 327 g/mol. The molecule has 0 saturated carbocycles. The number of hydrogen-bond donors (Lipinski definition) is 0. The minimum atomic E-state index is -0.622. The highest BCUT2D eigenvalue weighted by Gasteiger charge is 2.19. The second-order valence-corrected chi connectivity index (χ2v) is 6.15. The fourth-order valence-electron chi connectivity index (χ4n) is 2.20. The molecule has 3 nitrogen and oxygen atoms in total. The monoisotopic (exact) mass is 326 g/mol. The maximum atomic E-state index is 12.0. The molecule has 1 unspecified atom stereocenters. The van der Waals surface area contributed by atoms with Crippen molar-refractivity contribution in [2.75, 3.05) is 6.61 Å². The third-order valence-corrected chi connectivity index (χ3v) is 4.01. The molecule has 1 rings (SSSR count). The number of benzene rings is 1. The van der Waals surface area contributed by atoms with Crippen LogP contribution in [0.3, 0.4) is 0 Å². The maximum Gasteiger partial charge on any atom is 0.347 e. The van der Waals surface area contributed by atoms with Crippen LogP contribution in [0.4, 0.5) is 0 Å². The number of halogens is 1. The lowest BCUT2D eigenvalue weighted by Gasteiger charge is -2.18. The summed E-state index contributed by atoms with van der Waals surface area (Å²) in [6.07, 6.45) is 3.85. The van der Waals surface area contributed by atoms with Crippen molar-refractivity contribution in [2.24, 2.45) is 5.92 Å². The van der Waals surface area contributed by atoms with Gasteiger partial charge in [-0.1, -0.05) is 44.7 Å². The second kappa shape index (κ2) is 9.73. The molecule has 0 amide bonds. The van der Waals surface area contributed by atoms with Crippen LogP contribution in [0.2, 0.25) is 5.02 Å². The molecule has 0 heterocycles. The van der Waals surface area contributed by atoms with Crippen molar-refractivity contribution in [2.45, 2.75) is 59.5 Å². The highest BCUT2D eigenvalue weighted by atomic mass is 35.5. The Hall–Kier alpha value is -1.22. The van der Waals surface area contributed by atoms with Gasteiger partial charge in [-0.25, -0.2) is 4.79 Å². The Morgan fingerprint density at radius 1 is 1.32 bits per heavy atom. The predicted molar refractivity (Wildman–Crippen MR) is 90.5 cm³/mol. The van der Waals surface area contributed by atoms with E-state index < -0.39 is 6.10 Å². The molecule has 0 saturated heterocycles. The van der Waals surface area contributed by atoms with E-state index in [0.29, 0.717) is 23.3 Å². The summed E-state index contributed by atoms with van der Waals surface area (Å²) in [7, 11) is 0. The number of ether oxygens (including phenoxy) is 2. The van der Waals surface area contributed by atoms with Crippen LogP contribution in [0.15, 0.2) is 18.2 Å². The van der Waals surface area contributed by atoms with Crippen molar-refractivity contribution in [3.05, 3.63) is 28.8 Å². The lowest BCUT2D eigenvalue weighted by atomic mass is 10.0. The van der Waals surface area contributed by atoms with Gasteiger partial charge in [0, 0.05) is 5.02 Å². The minimum Gasteiger partial charge on any atom is -0.479 e. The molecule has 0 N–H and O–H groups in total. The molecule has 0 fully saturated rings. The highest BCUT2D eigenvalue weighted by molar-refractivity contribution is 6.30. The summed E-state index contributed by atoms with van der Waals surface area (Å²) in [6, 6.07) is 5.34. The first-order valence-corrected chi connectivity index (χ1v) is 8.45. The van der Waals surface area contributed by atoms with E-state index in [9.17, 15) is 4.79 Å². The molecule has 0 bridgehead atoms. The van der Waals surface area contributed by atoms with Crippen molar-refractivity contribution in [3.8, 4) is 5.75 Å². The Kier molecular flexibility index (Phi) is 8.32. The Bertz CT molecular complexity index is 473. The van der Waals surface area contributed by atoms with Crippen molar-refractivity contribution >= 4 is 17.6 Å². The number of unbranched alkanes of at least 4 members (excludes halogenated alkanes) is 1. The van der Waals surface area contributed by atoms with Gasteiger partial charge in [-0.05, 0) is 49.9 Å². The zero-order valence-corrected chi connectivity index (χ0v) is 14.8. The molecule has 2 atom stereocenters. The van der Waals surface area contributed by atoms with Crippen molar-refractivity contribution in [1.29, 1.82) is 0 Å². The van der Waals surface area contributed by atoms with Gasteiger partial charge in [0.2, 0.25) is 0 Å². The largest absolute Gasteiger partial charge is 0.479 e. The summed E-state index contributed by atoms with van der Waals surface area (Å²) >= 11 is 5.91. The summed E-state index contributed by atoms with van der Waals surface area (Å²) in [5, 5.41) is 0.654. The summed E-state index contributed by atoms with van der Waals surface area (Å²) in [6.45, 7) is 8.39. The van der Waals surface area contributed by atoms with Crippen LogP contribution in [0.25, 0.3) is 0 Å². The SMILES string of the molecule is CCCCC(CC)COC(=O)[C@@H](C)Oc1ccc(Cl)cc1C. The Labute approximate surface area is 139 Å². The standard InChI is InChI=1S/C18H27ClO3/c1-5-7-8-15(6-2)12-21-18(20)14(4)22-17-10-9-16(19)11-13(17)3/h9-11,14-15H,5-8,12H2,1-4H3/t14-,15?/m1/s1. The van der Waals surface area contributed by atoms with Crippen LogP contribution >= 0.6 is 11.6 Å². The topological polar surface area (TPSA) is 35.5 Å². The number of hydrogen-bond acceptors (Lipinski definition) is 3. The molecule has 0 aliphatic heterocycles. The molecule has 0 aliphatic carbocycles. The van der Waals surface area contributed by atoms with E-state index in [2.05, 4.69) is 13.8 Å². The summed E-state index contributed by atoms with van der Waals surface area (Å²) in [4.78, 5) is 12.0. The van der Waals surface area contributed by atoms with E-state index >= 15 is 0 Å². The Morgan fingerprint density at radius 2 is 2.05 bits per heavy atom. The van der Waals surface area contributed by atoms with Crippen LogP contribution in [-0.2, 0) is 9.53 Å². The van der Waals surface area contributed by atoms with Gasteiger partial charge in [0.05, 0.1) is 6.61 Å². The van der Waals surface area contributed by atoms with Gasteiger partial charge in [-0.3, -0.25) is 0 Å². The normalized spacial score (nSPS) is 13.5. The molecule has 22 heavy (non-hydrogen) atoms. The quantitative estimate of drug-likeness (QED) is 0.587. The molecule has 4 heteroatoms. The number of esters is 1. The molecule has 0 spiro atoms.